The topological polar surface area (TPSA) is 46.2 Å². The minimum absolute atomic E-state index is 0.349. The Balaban J connectivity index is 3.14. The third kappa shape index (κ3) is 2.82. The van der Waals surface area contributed by atoms with E-state index in [4.69, 9.17) is 11.6 Å². The van der Waals surface area contributed by atoms with Gasteiger partial charge >= 0.3 is 0 Å². The average molecular weight is 232 g/mol. The van der Waals surface area contributed by atoms with Crippen LogP contribution in [0.2, 0.25) is 0 Å². The number of nitrogens with one attached hydrogen (secondary N) is 1. The van der Waals surface area contributed by atoms with Crippen molar-refractivity contribution in [1.82, 2.24) is 0 Å². The lowest BCUT2D eigenvalue weighted by atomic mass is 10.1. The summed E-state index contributed by atoms with van der Waals surface area (Å²) in [6.45, 7) is 1.86. The summed E-state index contributed by atoms with van der Waals surface area (Å²) in [6, 6.07) is 5.16. The van der Waals surface area contributed by atoms with Crippen LogP contribution in [-0.4, -0.2) is 15.7 Å². The van der Waals surface area contributed by atoms with Gasteiger partial charge in [0.2, 0.25) is 0 Å². The first kappa shape index (κ1) is 11.2. The SMILES string of the molecule is Cc1ccc(NS(C)=O)c(C(=O)Cl)c1. The summed E-state index contributed by atoms with van der Waals surface area (Å²) in [5.41, 5.74) is 1.78. The predicted octanol–water partition coefficient (Wildman–Crippen LogP) is 2.08. The van der Waals surface area contributed by atoms with E-state index in [0.29, 0.717) is 11.3 Å². The third-order valence-corrected chi connectivity index (χ3v) is 2.35. The van der Waals surface area contributed by atoms with E-state index in [-0.39, 0.29) is 0 Å². The summed E-state index contributed by atoms with van der Waals surface area (Å²) in [6.07, 6.45) is 1.49. The Labute approximate surface area is 90.1 Å². The fourth-order valence-electron chi connectivity index (χ4n) is 1.06. The summed E-state index contributed by atoms with van der Waals surface area (Å²) in [4.78, 5) is 11.0. The molecule has 5 heteroatoms. The first-order chi connectivity index (χ1) is 6.50. The quantitative estimate of drug-likeness (QED) is 0.810. The second kappa shape index (κ2) is 4.57. The summed E-state index contributed by atoms with van der Waals surface area (Å²) in [7, 11) is -1.21. The first-order valence-electron chi connectivity index (χ1n) is 3.91. The molecule has 0 fully saturated rings. The van der Waals surface area contributed by atoms with Crippen LogP contribution in [0.1, 0.15) is 15.9 Å². The molecule has 1 rings (SSSR count). The number of carbonyl (C=O) groups excluding carboxylic acids is 1. The summed E-state index contributed by atoms with van der Waals surface area (Å²) in [5, 5.41) is -0.554. The zero-order valence-corrected chi connectivity index (χ0v) is 9.41. The van der Waals surface area contributed by atoms with E-state index < -0.39 is 16.2 Å². The van der Waals surface area contributed by atoms with E-state index in [1.54, 1.807) is 12.1 Å². The smallest absolute Gasteiger partial charge is 0.254 e. The summed E-state index contributed by atoms with van der Waals surface area (Å²) < 4.78 is 13.6. The normalized spacial score (nSPS) is 12.2. The van der Waals surface area contributed by atoms with Crippen molar-refractivity contribution in [2.45, 2.75) is 6.92 Å². The molecule has 3 nitrogen and oxygen atoms in total. The molecule has 1 N–H and O–H groups in total. The minimum Gasteiger partial charge on any atom is -0.305 e. The number of rotatable bonds is 3. The zero-order chi connectivity index (χ0) is 10.7. The van der Waals surface area contributed by atoms with E-state index >= 15 is 0 Å². The number of benzene rings is 1. The van der Waals surface area contributed by atoms with Crippen molar-refractivity contribution in [3.05, 3.63) is 29.3 Å². The number of halogens is 1. The maximum absolute atomic E-state index is 11.0. The molecule has 1 aromatic carbocycles. The monoisotopic (exact) mass is 231 g/mol. The van der Waals surface area contributed by atoms with Gasteiger partial charge in [0.1, 0.15) is 11.0 Å². The summed E-state index contributed by atoms with van der Waals surface area (Å²) in [5.74, 6) is 0. The molecule has 1 atom stereocenters. The standard InChI is InChI=1S/C9H10ClNO2S/c1-6-3-4-8(11-14(2)13)7(5-6)9(10)12/h3-5,11H,1-2H3. The fourth-order valence-corrected chi connectivity index (χ4v) is 1.71. The maximum Gasteiger partial charge on any atom is 0.254 e. The van der Waals surface area contributed by atoms with Gasteiger partial charge in [-0.25, -0.2) is 4.21 Å². The Kier molecular flexibility index (Phi) is 3.66. The molecule has 0 aromatic heterocycles. The van der Waals surface area contributed by atoms with Crippen molar-refractivity contribution in [3.63, 3.8) is 0 Å². The number of anilines is 1. The molecular weight excluding hydrogens is 222 g/mol. The lowest BCUT2D eigenvalue weighted by Crippen LogP contribution is -2.05. The van der Waals surface area contributed by atoms with Gasteiger partial charge < -0.3 is 4.72 Å². The molecule has 0 heterocycles. The largest absolute Gasteiger partial charge is 0.305 e. The van der Waals surface area contributed by atoms with Crippen molar-refractivity contribution < 1.29 is 9.00 Å². The molecular formula is C9H10ClNO2S. The number of hydrogen-bond acceptors (Lipinski definition) is 2. The van der Waals surface area contributed by atoms with Crippen molar-refractivity contribution in [1.29, 1.82) is 0 Å². The molecule has 14 heavy (non-hydrogen) atoms. The van der Waals surface area contributed by atoms with Crippen LogP contribution in [0.4, 0.5) is 5.69 Å². The van der Waals surface area contributed by atoms with Gasteiger partial charge in [-0.15, -0.1) is 0 Å². The Morgan fingerprint density at radius 2 is 2.14 bits per heavy atom. The zero-order valence-electron chi connectivity index (χ0n) is 7.83. The van der Waals surface area contributed by atoms with Gasteiger partial charge in [-0.2, -0.15) is 0 Å². The van der Waals surface area contributed by atoms with Crippen LogP contribution in [0, 0.1) is 6.92 Å². The van der Waals surface area contributed by atoms with Crippen molar-refractivity contribution in [2.75, 3.05) is 11.0 Å². The van der Waals surface area contributed by atoms with Crippen molar-refractivity contribution in [3.8, 4) is 0 Å². The van der Waals surface area contributed by atoms with Crippen LogP contribution < -0.4 is 4.72 Å². The van der Waals surface area contributed by atoms with Gasteiger partial charge in [-0.1, -0.05) is 11.6 Å². The highest BCUT2D eigenvalue weighted by Gasteiger charge is 2.09. The third-order valence-electron chi connectivity index (χ3n) is 1.64. The molecule has 1 aromatic rings. The molecule has 0 saturated heterocycles. The highest BCUT2D eigenvalue weighted by Crippen LogP contribution is 2.19. The highest BCUT2D eigenvalue weighted by atomic mass is 35.5. The Morgan fingerprint density at radius 1 is 1.50 bits per heavy atom. The van der Waals surface area contributed by atoms with E-state index in [9.17, 15) is 9.00 Å². The van der Waals surface area contributed by atoms with E-state index in [1.807, 2.05) is 13.0 Å². The van der Waals surface area contributed by atoms with Gasteiger partial charge in [0.25, 0.3) is 5.24 Å². The first-order valence-corrected chi connectivity index (χ1v) is 5.85. The molecule has 0 bridgehead atoms. The van der Waals surface area contributed by atoms with Gasteiger partial charge in [-0.3, -0.25) is 4.79 Å². The van der Waals surface area contributed by atoms with Gasteiger partial charge in [-0.05, 0) is 30.7 Å². The Hall–Kier alpha value is -0.870. The van der Waals surface area contributed by atoms with Crippen LogP contribution in [-0.2, 0) is 11.0 Å². The lowest BCUT2D eigenvalue weighted by molar-refractivity contribution is 0.108. The van der Waals surface area contributed by atoms with Crippen LogP contribution in [0.3, 0.4) is 0 Å². The van der Waals surface area contributed by atoms with Gasteiger partial charge in [0.15, 0.2) is 0 Å². The van der Waals surface area contributed by atoms with Crippen molar-refractivity contribution in [2.24, 2.45) is 0 Å². The van der Waals surface area contributed by atoms with Crippen LogP contribution >= 0.6 is 11.6 Å². The second-order valence-electron chi connectivity index (χ2n) is 2.88. The average Bonchev–Trinajstić information content (AvgIpc) is 2.07. The fraction of sp³-hybridized carbons (Fsp3) is 0.222. The second-order valence-corrected chi connectivity index (χ2v) is 4.33. The molecule has 0 amide bonds. The minimum atomic E-state index is -1.21. The summed E-state index contributed by atoms with van der Waals surface area (Å²) >= 11 is 5.39. The molecule has 0 aliphatic heterocycles. The van der Waals surface area contributed by atoms with Crippen LogP contribution in [0.5, 0.6) is 0 Å². The Morgan fingerprint density at radius 3 is 2.64 bits per heavy atom. The van der Waals surface area contributed by atoms with E-state index in [1.165, 1.54) is 6.26 Å². The highest BCUT2D eigenvalue weighted by molar-refractivity contribution is 7.85. The van der Waals surface area contributed by atoms with Crippen LogP contribution in [0.15, 0.2) is 18.2 Å². The molecule has 0 spiro atoms. The molecule has 0 saturated carbocycles. The predicted molar refractivity (Wildman–Crippen MR) is 59.1 cm³/mol. The number of aryl methyl sites for hydroxylation is 1. The van der Waals surface area contributed by atoms with Gasteiger partial charge in [0.05, 0.1) is 11.3 Å². The Bertz CT molecular complexity index is 392. The van der Waals surface area contributed by atoms with E-state index in [0.717, 1.165) is 5.56 Å². The molecule has 76 valence electrons. The molecule has 1 unspecified atom stereocenters. The number of hydrogen-bond donors (Lipinski definition) is 1. The maximum atomic E-state index is 11.0. The van der Waals surface area contributed by atoms with E-state index in [2.05, 4.69) is 4.72 Å². The van der Waals surface area contributed by atoms with Crippen LogP contribution in [0.25, 0.3) is 0 Å². The number of carbonyl (C=O) groups is 1. The molecule has 0 radical (unpaired) electrons. The molecule has 0 aliphatic carbocycles. The van der Waals surface area contributed by atoms with Gasteiger partial charge in [0, 0.05) is 6.26 Å². The molecule has 0 aliphatic rings. The lowest BCUT2D eigenvalue weighted by Gasteiger charge is -2.07. The van der Waals surface area contributed by atoms with Crippen molar-refractivity contribution >= 4 is 33.5 Å².